The lowest BCUT2D eigenvalue weighted by molar-refractivity contribution is 0.0733. The molecule has 2 heterocycles. The number of para-hydroxylation sites is 1. The van der Waals surface area contributed by atoms with E-state index in [1.54, 1.807) is 0 Å². The lowest BCUT2D eigenvalue weighted by Crippen LogP contribution is -2.39. The number of aryl methyl sites for hydroxylation is 1. The fourth-order valence-corrected chi connectivity index (χ4v) is 4.31. The normalized spacial score (nSPS) is 14.1. The molecule has 4 nitrogen and oxygen atoms in total. The topological polar surface area (TPSA) is 36.7 Å². The molecular formula is C25H30N2O2. The molecule has 1 aliphatic rings. The zero-order valence-electron chi connectivity index (χ0n) is 17.7. The summed E-state index contributed by atoms with van der Waals surface area (Å²) in [5.74, 6) is 0.196. The first kappa shape index (κ1) is 19.7. The van der Waals surface area contributed by atoms with Crippen LogP contribution in [0.4, 0.5) is 0 Å². The maximum Gasteiger partial charge on any atom is 0.254 e. The van der Waals surface area contributed by atoms with Gasteiger partial charge in [-0.1, -0.05) is 24.3 Å². The maximum atomic E-state index is 12.9. The van der Waals surface area contributed by atoms with Crippen molar-refractivity contribution in [1.29, 1.82) is 0 Å². The summed E-state index contributed by atoms with van der Waals surface area (Å²) < 4.78 is 5.64. The zero-order chi connectivity index (χ0) is 20.4. The van der Waals surface area contributed by atoms with E-state index >= 15 is 0 Å². The van der Waals surface area contributed by atoms with Gasteiger partial charge in [-0.2, -0.15) is 0 Å². The van der Waals surface area contributed by atoms with E-state index in [1.807, 2.05) is 29.4 Å². The highest BCUT2D eigenvalue weighted by atomic mass is 16.3. The summed E-state index contributed by atoms with van der Waals surface area (Å²) in [4.78, 5) is 17.2. The molecule has 0 bridgehead atoms. The van der Waals surface area contributed by atoms with Crippen LogP contribution in [0.2, 0.25) is 0 Å². The third kappa shape index (κ3) is 4.08. The minimum Gasteiger partial charge on any atom is -0.464 e. The lowest BCUT2D eigenvalue weighted by atomic mass is 9.91. The molecule has 0 N–H and O–H groups in total. The highest BCUT2D eigenvalue weighted by Crippen LogP contribution is 2.25. The molecule has 4 heteroatoms. The number of carbonyl (C=O) groups is 1. The van der Waals surface area contributed by atoms with Crippen molar-refractivity contribution in [2.24, 2.45) is 0 Å². The number of hydrogen-bond acceptors (Lipinski definition) is 3. The van der Waals surface area contributed by atoms with Gasteiger partial charge in [-0.15, -0.1) is 0 Å². The average Bonchev–Trinajstić information content (AvgIpc) is 3.14. The van der Waals surface area contributed by atoms with Gasteiger partial charge >= 0.3 is 0 Å². The molecule has 4 rings (SSSR count). The molecule has 0 saturated heterocycles. The molecule has 0 aliphatic carbocycles. The Hall–Kier alpha value is -2.59. The Bertz CT molecular complexity index is 1020. The van der Waals surface area contributed by atoms with Crippen molar-refractivity contribution in [3.63, 3.8) is 0 Å². The minimum atomic E-state index is 0.196. The molecule has 1 aromatic heterocycles. The Balaban J connectivity index is 1.27. The Morgan fingerprint density at radius 1 is 1.10 bits per heavy atom. The molecule has 2 aromatic carbocycles. The summed E-state index contributed by atoms with van der Waals surface area (Å²) in [7, 11) is 2.15. The molecule has 29 heavy (non-hydrogen) atoms. The summed E-state index contributed by atoms with van der Waals surface area (Å²) in [6.45, 7) is 7.88. The van der Waals surface area contributed by atoms with Crippen LogP contribution < -0.4 is 0 Å². The van der Waals surface area contributed by atoms with Crippen LogP contribution >= 0.6 is 0 Å². The van der Waals surface area contributed by atoms with E-state index in [9.17, 15) is 4.79 Å². The van der Waals surface area contributed by atoms with Crippen molar-refractivity contribution in [3.05, 3.63) is 70.5 Å². The summed E-state index contributed by atoms with van der Waals surface area (Å²) in [5, 5.41) is 1.21. The van der Waals surface area contributed by atoms with Gasteiger partial charge in [0.15, 0.2) is 0 Å². The van der Waals surface area contributed by atoms with Gasteiger partial charge in [0.25, 0.3) is 5.91 Å². The summed E-state index contributed by atoms with van der Waals surface area (Å²) in [6.07, 6.45) is 4.82. The third-order valence-electron chi connectivity index (χ3n) is 6.31. The monoisotopic (exact) mass is 390 g/mol. The first-order chi connectivity index (χ1) is 14.0. The maximum absolute atomic E-state index is 12.9. The molecule has 152 valence electrons. The average molecular weight is 391 g/mol. The molecule has 1 aliphatic heterocycles. The van der Waals surface area contributed by atoms with Crippen LogP contribution in [0.25, 0.3) is 11.0 Å². The molecule has 0 radical (unpaired) electrons. The van der Waals surface area contributed by atoms with Crippen molar-refractivity contribution >= 4 is 16.9 Å². The number of rotatable bonds is 7. The van der Waals surface area contributed by atoms with Gasteiger partial charge in [0.2, 0.25) is 0 Å². The van der Waals surface area contributed by atoms with Gasteiger partial charge < -0.3 is 14.2 Å². The second-order valence-electron chi connectivity index (χ2n) is 8.24. The standard InChI is InChI=1S/C25H30N2O2/c1-18-9-10-23-21(19(18)2)12-16-27(25(23)28)14-6-13-26(3)15-11-20-17-29-24-8-5-4-7-22(20)24/h4-5,7-10,17H,6,11-16H2,1-3H3. The second-order valence-corrected chi connectivity index (χ2v) is 8.24. The van der Waals surface area contributed by atoms with Gasteiger partial charge in [-0.3, -0.25) is 4.79 Å². The fraction of sp³-hybridized carbons (Fsp3) is 0.400. The smallest absolute Gasteiger partial charge is 0.254 e. The first-order valence-corrected chi connectivity index (χ1v) is 10.6. The minimum absolute atomic E-state index is 0.196. The quantitative estimate of drug-likeness (QED) is 0.591. The first-order valence-electron chi connectivity index (χ1n) is 10.6. The lowest BCUT2D eigenvalue weighted by Gasteiger charge is -2.30. The van der Waals surface area contributed by atoms with E-state index < -0.39 is 0 Å². The van der Waals surface area contributed by atoms with Crippen LogP contribution in [0, 0.1) is 13.8 Å². The zero-order valence-corrected chi connectivity index (χ0v) is 17.7. The number of likely N-dealkylation sites (N-methyl/N-ethyl adjacent to an activating group) is 1. The van der Waals surface area contributed by atoms with Gasteiger partial charge in [0, 0.05) is 30.6 Å². The molecule has 0 fully saturated rings. The van der Waals surface area contributed by atoms with E-state index in [0.29, 0.717) is 0 Å². The van der Waals surface area contributed by atoms with Crippen LogP contribution in [0.15, 0.2) is 47.1 Å². The SMILES string of the molecule is Cc1ccc2c(c1C)CCN(CCCN(C)CCc1coc3ccccc13)C2=O. The van der Waals surface area contributed by atoms with Crippen molar-refractivity contribution in [1.82, 2.24) is 9.80 Å². The van der Waals surface area contributed by atoms with Crippen LogP contribution in [0.5, 0.6) is 0 Å². The van der Waals surface area contributed by atoms with Crippen LogP contribution in [-0.4, -0.2) is 48.9 Å². The van der Waals surface area contributed by atoms with Crippen LogP contribution in [0.3, 0.4) is 0 Å². The van der Waals surface area contributed by atoms with Crippen LogP contribution in [0.1, 0.15) is 39.0 Å². The number of hydrogen-bond donors (Lipinski definition) is 0. The molecule has 0 atom stereocenters. The number of carbonyl (C=O) groups excluding carboxylic acids is 1. The summed E-state index contributed by atoms with van der Waals surface area (Å²) in [6, 6.07) is 12.3. The van der Waals surface area contributed by atoms with Crippen molar-refractivity contribution < 1.29 is 9.21 Å². The summed E-state index contributed by atoms with van der Waals surface area (Å²) in [5.41, 5.74) is 6.93. The van der Waals surface area contributed by atoms with Gasteiger partial charge in [0.1, 0.15) is 5.58 Å². The largest absolute Gasteiger partial charge is 0.464 e. The Morgan fingerprint density at radius 3 is 2.79 bits per heavy atom. The number of nitrogens with zero attached hydrogens (tertiary/aromatic N) is 2. The van der Waals surface area contributed by atoms with Crippen molar-refractivity contribution in [3.8, 4) is 0 Å². The molecule has 0 unspecified atom stereocenters. The molecule has 3 aromatic rings. The number of furan rings is 1. The molecule has 1 amide bonds. The predicted molar refractivity (Wildman–Crippen MR) is 118 cm³/mol. The second kappa shape index (κ2) is 8.42. The van der Waals surface area contributed by atoms with Crippen molar-refractivity contribution in [2.45, 2.75) is 33.1 Å². The van der Waals surface area contributed by atoms with Gasteiger partial charge in [-0.05, 0) is 81.1 Å². The third-order valence-corrected chi connectivity index (χ3v) is 6.31. The molecular weight excluding hydrogens is 360 g/mol. The van der Waals surface area contributed by atoms with Crippen LogP contribution in [-0.2, 0) is 12.8 Å². The Kier molecular flexibility index (Phi) is 5.72. The van der Waals surface area contributed by atoms with E-state index in [0.717, 1.165) is 56.6 Å². The summed E-state index contributed by atoms with van der Waals surface area (Å²) >= 11 is 0. The van der Waals surface area contributed by atoms with E-state index in [-0.39, 0.29) is 5.91 Å². The van der Waals surface area contributed by atoms with Crippen molar-refractivity contribution in [2.75, 3.05) is 33.2 Å². The Labute approximate surface area is 173 Å². The van der Waals surface area contributed by atoms with Gasteiger partial charge in [-0.25, -0.2) is 0 Å². The van der Waals surface area contributed by atoms with E-state index in [2.05, 4.69) is 44.0 Å². The number of benzene rings is 2. The Morgan fingerprint density at radius 2 is 1.93 bits per heavy atom. The van der Waals surface area contributed by atoms with E-state index in [1.165, 1.54) is 27.6 Å². The predicted octanol–water partition coefficient (Wildman–Crippen LogP) is 4.61. The van der Waals surface area contributed by atoms with E-state index in [4.69, 9.17) is 4.42 Å². The fourth-order valence-electron chi connectivity index (χ4n) is 4.31. The number of amides is 1. The van der Waals surface area contributed by atoms with Gasteiger partial charge in [0.05, 0.1) is 6.26 Å². The highest BCUT2D eigenvalue weighted by molar-refractivity contribution is 5.97. The number of fused-ring (bicyclic) bond motifs is 2. The molecule has 0 saturated carbocycles. The molecule has 0 spiro atoms. The highest BCUT2D eigenvalue weighted by Gasteiger charge is 2.25.